The van der Waals surface area contributed by atoms with Gasteiger partial charge in [-0.1, -0.05) is 120 Å². The van der Waals surface area contributed by atoms with E-state index >= 15 is 0 Å². The van der Waals surface area contributed by atoms with Gasteiger partial charge in [-0.05, 0) is 57.8 Å². The van der Waals surface area contributed by atoms with Crippen molar-refractivity contribution in [3.63, 3.8) is 0 Å². The molecule has 0 N–H and O–H groups in total. The molecule has 0 amide bonds. The minimum atomic E-state index is -1.79. The first-order valence-corrected chi connectivity index (χ1v) is 14.4. The van der Waals surface area contributed by atoms with E-state index in [9.17, 15) is 0 Å². The summed E-state index contributed by atoms with van der Waals surface area (Å²) in [7, 11) is -1.79. The molecule has 0 aliphatic rings. The first-order valence-electron chi connectivity index (χ1n) is 12.1. The largest absolute Gasteiger partial charge is 0.146 e. The second-order valence-electron chi connectivity index (χ2n) is 9.60. The summed E-state index contributed by atoms with van der Waals surface area (Å²) >= 11 is 0. The lowest BCUT2D eigenvalue weighted by molar-refractivity contribution is 0.838. The molecule has 0 aromatic heterocycles. The SMILES string of the molecule is CC(C)[Si](C#Cc1ccccc1C#CC#Cc1ccccc1-c1ccccc1)(C(C)C)C(C)C. The molecule has 34 heavy (non-hydrogen) atoms. The predicted octanol–water partition coefficient (Wildman–Crippen LogP) is 8.33. The van der Waals surface area contributed by atoms with Crippen LogP contribution in [0.25, 0.3) is 11.1 Å². The number of hydrogen-bond acceptors (Lipinski definition) is 0. The fourth-order valence-electron chi connectivity index (χ4n) is 4.97. The Kier molecular flexibility index (Phi) is 8.60. The molecule has 0 unspecified atom stereocenters. The van der Waals surface area contributed by atoms with E-state index in [0.29, 0.717) is 16.6 Å². The van der Waals surface area contributed by atoms with Gasteiger partial charge in [0.15, 0.2) is 0 Å². The minimum absolute atomic E-state index is 0.605. The third-order valence-electron chi connectivity index (χ3n) is 6.68. The zero-order valence-electron chi connectivity index (χ0n) is 21.2. The summed E-state index contributed by atoms with van der Waals surface area (Å²) in [6.45, 7) is 14.1. The quantitative estimate of drug-likeness (QED) is 0.272. The Balaban J connectivity index is 1.94. The van der Waals surface area contributed by atoms with Gasteiger partial charge in [-0.2, -0.15) is 0 Å². The molecule has 0 saturated carbocycles. The first kappa shape index (κ1) is 25.2. The zero-order chi connectivity index (χ0) is 24.6. The Morgan fingerprint density at radius 1 is 0.500 bits per heavy atom. The Morgan fingerprint density at radius 2 is 0.941 bits per heavy atom. The van der Waals surface area contributed by atoms with Crippen molar-refractivity contribution in [2.75, 3.05) is 0 Å². The highest BCUT2D eigenvalue weighted by Crippen LogP contribution is 2.40. The van der Waals surface area contributed by atoms with Crippen LogP contribution in [-0.4, -0.2) is 8.07 Å². The average molecular weight is 459 g/mol. The van der Waals surface area contributed by atoms with Crippen LogP contribution >= 0.6 is 0 Å². The third-order valence-corrected chi connectivity index (χ3v) is 13.0. The van der Waals surface area contributed by atoms with Crippen LogP contribution in [0.5, 0.6) is 0 Å². The molecule has 0 fully saturated rings. The van der Waals surface area contributed by atoms with E-state index in [4.69, 9.17) is 0 Å². The molecular weight excluding hydrogens is 424 g/mol. The number of hydrogen-bond donors (Lipinski definition) is 0. The number of rotatable bonds is 4. The lowest BCUT2D eigenvalue weighted by atomic mass is 10.0. The maximum Gasteiger partial charge on any atom is 0.146 e. The van der Waals surface area contributed by atoms with Gasteiger partial charge >= 0.3 is 0 Å². The van der Waals surface area contributed by atoms with E-state index < -0.39 is 8.07 Å². The summed E-state index contributed by atoms with van der Waals surface area (Å²) in [5.41, 5.74) is 10.8. The third kappa shape index (κ3) is 5.72. The molecule has 0 saturated heterocycles. The maximum absolute atomic E-state index is 3.82. The molecule has 3 aromatic rings. The van der Waals surface area contributed by atoms with E-state index in [-0.39, 0.29) is 0 Å². The summed E-state index contributed by atoms with van der Waals surface area (Å²) in [5.74, 6) is 16.2. The van der Waals surface area contributed by atoms with Crippen molar-refractivity contribution in [2.24, 2.45) is 0 Å². The molecule has 170 valence electrons. The molecule has 0 atom stereocenters. The highest BCUT2D eigenvalue weighted by atomic mass is 28.3. The number of benzene rings is 3. The molecule has 0 spiro atoms. The predicted molar refractivity (Wildman–Crippen MR) is 150 cm³/mol. The van der Waals surface area contributed by atoms with Crippen molar-refractivity contribution in [3.8, 4) is 46.3 Å². The van der Waals surface area contributed by atoms with Crippen LogP contribution in [0.4, 0.5) is 0 Å². The smallest absolute Gasteiger partial charge is 0.125 e. The second-order valence-corrected chi connectivity index (χ2v) is 15.2. The van der Waals surface area contributed by atoms with E-state index in [2.05, 4.69) is 101 Å². The standard InChI is InChI=1S/C33H34Si/c1-26(2)34(27(3)4,28(5)6)25-24-30-18-11-10-16-29(30)17-12-13-21-32-22-14-15-23-33(32)31-19-8-7-9-20-31/h7-11,14-16,18-20,22-23,26-28H,1-6H3. The van der Waals surface area contributed by atoms with E-state index in [1.165, 1.54) is 0 Å². The molecular formula is C33H34Si. The Morgan fingerprint density at radius 3 is 1.50 bits per heavy atom. The van der Waals surface area contributed by atoms with Gasteiger partial charge in [0.2, 0.25) is 0 Å². The van der Waals surface area contributed by atoms with Gasteiger partial charge in [-0.15, -0.1) is 5.54 Å². The van der Waals surface area contributed by atoms with Crippen molar-refractivity contribution < 1.29 is 0 Å². The molecule has 0 radical (unpaired) electrons. The molecule has 3 rings (SSSR count). The summed E-state index contributed by atoms with van der Waals surface area (Å²) in [6, 6.07) is 26.7. The molecule has 0 aliphatic heterocycles. The van der Waals surface area contributed by atoms with Crippen molar-refractivity contribution in [3.05, 3.63) is 95.6 Å². The van der Waals surface area contributed by atoms with Crippen LogP contribution in [-0.2, 0) is 0 Å². The zero-order valence-corrected chi connectivity index (χ0v) is 22.2. The Bertz CT molecular complexity index is 1270. The first-order chi connectivity index (χ1) is 16.4. The monoisotopic (exact) mass is 458 g/mol. The van der Waals surface area contributed by atoms with Crippen LogP contribution in [0, 0.1) is 35.1 Å². The van der Waals surface area contributed by atoms with E-state index in [0.717, 1.165) is 27.8 Å². The van der Waals surface area contributed by atoms with Gasteiger partial charge in [0.25, 0.3) is 0 Å². The van der Waals surface area contributed by atoms with Crippen molar-refractivity contribution in [2.45, 2.75) is 58.2 Å². The van der Waals surface area contributed by atoms with Gasteiger partial charge in [-0.3, -0.25) is 0 Å². The van der Waals surface area contributed by atoms with Crippen molar-refractivity contribution in [1.82, 2.24) is 0 Å². The van der Waals surface area contributed by atoms with Gasteiger partial charge in [-0.25, -0.2) is 0 Å². The van der Waals surface area contributed by atoms with Gasteiger partial charge in [0.05, 0.1) is 0 Å². The molecule has 3 aromatic carbocycles. The second kappa shape index (κ2) is 11.6. The van der Waals surface area contributed by atoms with Crippen LogP contribution in [0.3, 0.4) is 0 Å². The van der Waals surface area contributed by atoms with Gasteiger partial charge < -0.3 is 0 Å². The van der Waals surface area contributed by atoms with Crippen molar-refractivity contribution >= 4 is 8.07 Å². The summed E-state index contributed by atoms with van der Waals surface area (Å²) in [4.78, 5) is 0. The summed E-state index contributed by atoms with van der Waals surface area (Å²) < 4.78 is 0. The van der Waals surface area contributed by atoms with Crippen molar-refractivity contribution in [1.29, 1.82) is 0 Å². The maximum atomic E-state index is 3.82. The molecule has 0 bridgehead atoms. The average Bonchev–Trinajstić information content (AvgIpc) is 2.83. The van der Waals surface area contributed by atoms with Gasteiger partial charge in [0, 0.05) is 16.7 Å². The van der Waals surface area contributed by atoms with Crippen LogP contribution in [0.1, 0.15) is 58.2 Å². The van der Waals surface area contributed by atoms with Crippen LogP contribution in [0.15, 0.2) is 78.9 Å². The Hall–Kier alpha value is -3.44. The minimum Gasteiger partial charge on any atom is -0.125 e. The topological polar surface area (TPSA) is 0 Å². The van der Waals surface area contributed by atoms with E-state index in [1.54, 1.807) is 0 Å². The van der Waals surface area contributed by atoms with E-state index in [1.807, 2.05) is 54.6 Å². The summed E-state index contributed by atoms with van der Waals surface area (Å²) in [6.07, 6.45) is 0. The summed E-state index contributed by atoms with van der Waals surface area (Å²) in [5, 5.41) is 0. The van der Waals surface area contributed by atoms with Crippen LogP contribution < -0.4 is 0 Å². The fraction of sp³-hybridized carbons (Fsp3) is 0.273. The molecule has 0 aliphatic carbocycles. The lowest BCUT2D eigenvalue weighted by Gasteiger charge is -2.38. The molecule has 0 nitrogen and oxygen atoms in total. The van der Waals surface area contributed by atoms with Crippen LogP contribution in [0.2, 0.25) is 16.6 Å². The molecule has 0 heterocycles. The highest BCUT2D eigenvalue weighted by Gasteiger charge is 2.41. The Labute approximate surface area is 207 Å². The lowest BCUT2D eigenvalue weighted by Crippen LogP contribution is -2.43. The molecule has 1 heteroatoms. The fourth-order valence-corrected chi connectivity index (χ4v) is 10.2. The van der Waals surface area contributed by atoms with Gasteiger partial charge in [0.1, 0.15) is 8.07 Å². The highest BCUT2D eigenvalue weighted by molar-refractivity contribution is 6.90. The normalized spacial score (nSPS) is 10.7.